The molecule has 0 fully saturated rings. The first-order chi connectivity index (χ1) is 12.2. The first kappa shape index (κ1) is 16.6. The standard InChI is InChI=1S/C19H18FN5/c1-14-11-18(25-22-13-16-9-5-6-10-17(16)20)24-19(23-14)21-12-15-7-3-2-4-8-15/h2-11,13H,12H2,1H3,(H2,21,23,24,25). The predicted molar refractivity (Wildman–Crippen MR) is 98.2 cm³/mol. The van der Waals surface area contributed by atoms with E-state index in [0.29, 0.717) is 23.9 Å². The minimum absolute atomic E-state index is 0.322. The summed E-state index contributed by atoms with van der Waals surface area (Å²) in [6.45, 7) is 2.50. The first-order valence-corrected chi connectivity index (χ1v) is 7.88. The van der Waals surface area contributed by atoms with E-state index < -0.39 is 0 Å². The van der Waals surface area contributed by atoms with Crippen LogP contribution in [0.1, 0.15) is 16.8 Å². The third kappa shape index (κ3) is 4.84. The van der Waals surface area contributed by atoms with Gasteiger partial charge in [0.2, 0.25) is 5.95 Å². The Morgan fingerprint density at radius 1 is 1.04 bits per heavy atom. The third-order valence-electron chi connectivity index (χ3n) is 3.44. The Hall–Kier alpha value is -3.28. The first-order valence-electron chi connectivity index (χ1n) is 7.88. The maximum atomic E-state index is 13.6. The highest BCUT2D eigenvalue weighted by Gasteiger charge is 2.02. The number of aromatic nitrogens is 2. The molecule has 6 heteroatoms. The van der Waals surface area contributed by atoms with E-state index in [1.807, 2.05) is 37.3 Å². The molecule has 0 atom stereocenters. The summed E-state index contributed by atoms with van der Waals surface area (Å²) in [6, 6.07) is 18.2. The normalized spacial score (nSPS) is 10.8. The van der Waals surface area contributed by atoms with Crippen molar-refractivity contribution >= 4 is 18.0 Å². The molecule has 0 bridgehead atoms. The molecule has 0 aliphatic heterocycles. The molecule has 0 aliphatic carbocycles. The molecule has 0 saturated carbocycles. The summed E-state index contributed by atoms with van der Waals surface area (Å²) < 4.78 is 13.6. The molecule has 2 N–H and O–H groups in total. The largest absolute Gasteiger partial charge is 0.350 e. The maximum absolute atomic E-state index is 13.6. The molecule has 0 aliphatic rings. The van der Waals surface area contributed by atoms with Crippen molar-refractivity contribution in [2.24, 2.45) is 5.10 Å². The van der Waals surface area contributed by atoms with Crippen LogP contribution in [0.2, 0.25) is 0 Å². The van der Waals surface area contributed by atoms with Crippen molar-refractivity contribution in [1.29, 1.82) is 0 Å². The Morgan fingerprint density at radius 3 is 2.60 bits per heavy atom. The second-order valence-corrected chi connectivity index (χ2v) is 5.45. The lowest BCUT2D eigenvalue weighted by Gasteiger charge is -2.08. The zero-order valence-electron chi connectivity index (χ0n) is 13.8. The van der Waals surface area contributed by atoms with E-state index in [2.05, 4.69) is 25.8 Å². The van der Waals surface area contributed by atoms with Gasteiger partial charge in [-0.25, -0.2) is 9.37 Å². The van der Waals surface area contributed by atoms with E-state index in [0.717, 1.165) is 11.3 Å². The molecule has 126 valence electrons. The molecule has 0 saturated heterocycles. The lowest BCUT2D eigenvalue weighted by Crippen LogP contribution is -2.06. The summed E-state index contributed by atoms with van der Waals surface area (Å²) in [6.07, 6.45) is 1.42. The van der Waals surface area contributed by atoms with Gasteiger partial charge in [-0.3, -0.25) is 5.43 Å². The topological polar surface area (TPSA) is 62.2 Å². The molecule has 1 heterocycles. The molecular weight excluding hydrogens is 317 g/mol. The summed E-state index contributed by atoms with van der Waals surface area (Å²) in [5, 5.41) is 7.23. The van der Waals surface area contributed by atoms with Gasteiger partial charge in [0.05, 0.1) is 6.21 Å². The zero-order chi connectivity index (χ0) is 17.5. The Kier molecular flexibility index (Phi) is 5.31. The summed E-state index contributed by atoms with van der Waals surface area (Å²) in [5.74, 6) is 0.722. The quantitative estimate of drug-likeness (QED) is 0.528. The minimum Gasteiger partial charge on any atom is -0.350 e. The molecule has 0 spiro atoms. The van der Waals surface area contributed by atoms with E-state index in [1.165, 1.54) is 12.3 Å². The second-order valence-electron chi connectivity index (χ2n) is 5.45. The smallest absolute Gasteiger partial charge is 0.225 e. The monoisotopic (exact) mass is 335 g/mol. The summed E-state index contributed by atoms with van der Waals surface area (Å²) in [5.41, 5.74) is 5.16. The molecule has 3 aromatic rings. The van der Waals surface area contributed by atoms with Gasteiger partial charge in [0.15, 0.2) is 5.82 Å². The minimum atomic E-state index is -0.322. The second kappa shape index (κ2) is 8.01. The summed E-state index contributed by atoms with van der Waals surface area (Å²) >= 11 is 0. The van der Waals surface area contributed by atoms with Crippen LogP contribution in [0.5, 0.6) is 0 Å². The molecule has 1 aromatic heterocycles. The van der Waals surface area contributed by atoms with Crippen molar-refractivity contribution in [3.63, 3.8) is 0 Å². The Bertz CT molecular complexity index is 865. The van der Waals surface area contributed by atoms with E-state index in [-0.39, 0.29) is 5.82 Å². The molecule has 3 rings (SSSR count). The molecule has 5 nitrogen and oxygen atoms in total. The number of benzene rings is 2. The molecule has 25 heavy (non-hydrogen) atoms. The van der Waals surface area contributed by atoms with Crippen LogP contribution in [0, 0.1) is 12.7 Å². The van der Waals surface area contributed by atoms with Gasteiger partial charge in [0, 0.05) is 23.9 Å². The van der Waals surface area contributed by atoms with Gasteiger partial charge < -0.3 is 5.32 Å². The van der Waals surface area contributed by atoms with Crippen molar-refractivity contribution in [2.45, 2.75) is 13.5 Å². The third-order valence-corrected chi connectivity index (χ3v) is 3.44. The number of rotatable bonds is 6. The predicted octanol–water partition coefficient (Wildman–Crippen LogP) is 3.98. The summed E-state index contributed by atoms with van der Waals surface area (Å²) in [7, 11) is 0. The zero-order valence-corrected chi connectivity index (χ0v) is 13.8. The van der Waals surface area contributed by atoms with Crippen LogP contribution in [-0.2, 0) is 6.54 Å². The lowest BCUT2D eigenvalue weighted by molar-refractivity contribution is 0.626. The number of anilines is 2. The van der Waals surface area contributed by atoms with Crippen molar-refractivity contribution < 1.29 is 4.39 Å². The molecule has 0 amide bonds. The van der Waals surface area contributed by atoms with Crippen LogP contribution < -0.4 is 10.7 Å². The highest BCUT2D eigenvalue weighted by Crippen LogP contribution is 2.11. The number of nitrogens with zero attached hydrogens (tertiary/aromatic N) is 3. The fraction of sp³-hybridized carbons (Fsp3) is 0.105. The van der Waals surface area contributed by atoms with Crippen LogP contribution >= 0.6 is 0 Å². The number of aryl methyl sites for hydroxylation is 1. The van der Waals surface area contributed by atoms with Crippen LogP contribution in [0.3, 0.4) is 0 Å². The highest BCUT2D eigenvalue weighted by atomic mass is 19.1. The Morgan fingerprint density at radius 2 is 1.80 bits per heavy atom. The SMILES string of the molecule is Cc1cc(NN=Cc2ccccc2F)nc(NCc2ccccc2)n1. The van der Waals surface area contributed by atoms with Gasteiger partial charge in [-0.1, -0.05) is 48.5 Å². The van der Waals surface area contributed by atoms with Crippen molar-refractivity contribution in [2.75, 3.05) is 10.7 Å². The van der Waals surface area contributed by atoms with Gasteiger partial charge in [0.1, 0.15) is 5.82 Å². The van der Waals surface area contributed by atoms with Crippen LogP contribution in [0.15, 0.2) is 65.8 Å². The van der Waals surface area contributed by atoms with Gasteiger partial charge in [-0.15, -0.1) is 0 Å². The van der Waals surface area contributed by atoms with E-state index in [4.69, 9.17) is 0 Å². The van der Waals surface area contributed by atoms with Crippen LogP contribution in [0.25, 0.3) is 0 Å². The van der Waals surface area contributed by atoms with Crippen molar-refractivity contribution in [3.8, 4) is 0 Å². The Balaban J connectivity index is 1.66. The van der Waals surface area contributed by atoms with E-state index in [1.54, 1.807) is 24.3 Å². The lowest BCUT2D eigenvalue weighted by atomic mass is 10.2. The average Bonchev–Trinajstić information content (AvgIpc) is 2.62. The molecule has 0 unspecified atom stereocenters. The Labute approximate surface area is 145 Å². The fourth-order valence-electron chi connectivity index (χ4n) is 2.23. The van der Waals surface area contributed by atoms with Gasteiger partial charge >= 0.3 is 0 Å². The van der Waals surface area contributed by atoms with Crippen LogP contribution in [0.4, 0.5) is 16.2 Å². The number of hydrogen-bond acceptors (Lipinski definition) is 5. The van der Waals surface area contributed by atoms with Crippen molar-refractivity contribution in [3.05, 3.63) is 83.3 Å². The summed E-state index contributed by atoms with van der Waals surface area (Å²) in [4.78, 5) is 8.72. The van der Waals surface area contributed by atoms with Gasteiger partial charge in [-0.05, 0) is 18.6 Å². The molecule has 0 radical (unpaired) electrons. The number of hydrogen-bond donors (Lipinski definition) is 2. The van der Waals surface area contributed by atoms with E-state index in [9.17, 15) is 4.39 Å². The maximum Gasteiger partial charge on any atom is 0.225 e. The molecular formula is C19H18FN5. The average molecular weight is 335 g/mol. The van der Waals surface area contributed by atoms with Crippen LogP contribution in [-0.4, -0.2) is 16.2 Å². The fourth-order valence-corrected chi connectivity index (χ4v) is 2.23. The van der Waals surface area contributed by atoms with Gasteiger partial charge in [0.25, 0.3) is 0 Å². The number of hydrazone groups is 1. The number of nitrogens with one attached hydrogen (secondary N) is 2. The van der Waals surface area contributed by atoms with Crippen molar-refractivity contribution in [1.82, 2.24) is 9.97 Å². The molecule has 2 aromatic carbocycles. The number of halogens is 1. The van der Waals surface area contributed by atoms with E-state index >= 15 is 0 Å². The van der Waals surface area contributed by atoms with Gasteiger partial charge in [-0.2, -0.15) is 10.1 Å². The highest BCUT2D eigenvalue weighted by molar-refractivity contribution is 5.80.